The van der Waals surface area contributed by atoms with Crippen molar-refractivity contribution in [3.05, 3.63) is 16.2 Å². The number of rotatable bonds is 5. The third kappa shape index (κ3) is 2.62. The van der Waals surface area contributed by atoms with Crippen LogP contribution in [-0.2, 0) is 10.0 Å². The van der Waals surface area contributed by atoms with E-state index in [9.17, 15) is 18.5 Å². The van der Waals surface area contributed by atoms with Gasteiger partial charge < -0.3 is 5.73 Å². The average molecular weight is 291 g/mol. The molecule has 1 aromatic rings. The summed E-state index contributed by atoms with van der Waals surface area (Å²) in [5.74, 6) is 0. The fraction of sp³-hybridized carbons (Fsp3) is 0.556. The van der Waals surface area contributed by atoms with Crippen molar-refractivity contribution in [2.75, 3.05) is 12.3 Å². The topological polar surface area (TPSA) is 115 Å². The number of anilines is 1. The van der Waals surface area contributed by atoms with Crippen molar-refractivity contribution in [2.24, 2.45) is 5.41 Å². The van der Waals surface area contributed by atoms with Gasteiger partial charge >= 0.3 is 5.69 Å². The van der Waals surface area contributed by atoms with E-state index in [4.69, 9.17) is 5.73 Å². The average Bonchev–Trinajstić information content (AvgIpc) is 2.85. The summed E-state index contributed by atoms with van der Waals surface area (Å²) in [5.41, 5.74) is 5.08. The molecule has 1 aliphatic carbocycles. The number of nitro groups is 1. The first kappa shape index (κ1) is 13.2. The molecule has 0 aromatic carbocycles. The molecule has 100 valence electrons. The first-order valence-corrected chi connectivity index (χ1v) is 7.57. The summed E-state index contributed by atoms with van der Waals surface area (Å²) in [6, 6.07) is 0.998. The van der Waals surface area contributed by atoms with Crippen molar-refractivity contribution in [3.8, 4) is 0 Å². The smallest absolute Gasteiger partial charge is 0.304 e. The summed E-state index contributed by atoms with van der Waals surface area (Å²) in [7, 11) is -3.70. The Morgan fingerprint density at radius 3 is 2.67 bits per heavy atom. The molecular weight excluding hydrogens is 278 g/mol. The van der Waals surface area contributed by atoms with Crippen molar-refractivity contribution >= 4 is 32.0 Å². The number of nitrogens with one attached hydrogen (secondary N) is 1. The third-order valence-corrected chi connectivity index (χ3v) is 5.80. The molecular formula is C9H13N3O4S2. The van der Waals surface area contributed by atoms with E-state index in [1.165, 1.54) is 0 Å². The van der Waals surface area contributed by atoms with Gasteiger partial charge in [0.1, 0.15) is 4.21 Å². The van der Waals surface area contributed by atoms with Crippen molar-refractivity contribution in [1.82, 2.24) is 4.72 Å². The van der Waals surface area contributed by atoms with Gasteiger partial charge in [0.2, 0.25) is 10.0 Å². The molecule has 1 aromatic heterocycles. The maximum absolute atomic E-state index is 11.9. The number of thiophene rings is 1. The molecule has 2 rings (SSSR count). The van der Waals surface area contributed by atoms with Gasteiger partial charge in [0.25, 0.3) is 0 Å². The van der Waals surface area contributed by atoms with E-state index in [1.807, 2.05) is 6.92 Å². The minimum atomic E-state index is -3.70. The van der Waals surface area contributed by atoms with Crippen molar-refractivity contribution < 1.29 is 13.3 Å². The summed E-state index contributed by atoms with van der Waals surface area (Å²) in [5, 5.41) is 10.5. The van der Waals surface area contributed by atoms with Crippen molar-refractivity contribution in [3.63, 3.8) is 0 Å². The van der Waals surface area contributed by atoms with Gasteiger partial charge in [-0.25, -0.2) is 13.1 Å². The molecule has 0 bridgehead atoms. The monoisotopic (exact) mass is 291 g/mol. The molecule has 0 amide bonds. The standard InChI is InChI=1S/C9H13N3O4S2/c1-9(2-3-9)5-11-18(15,16)7-4-6(12(13)14)8(10)17-7/h4,11H,2-3,5,10H2,1H3. The van der Waals surface area contributed by atoms with Crippen LogP contribution < -0.4 is 10.5 Å². The molecule has 1 fully saturated rings. The number of hydrogen-bond donors (Lipinski definition) is 2. The van der Waals surface area contributed by atoms with Crippen molar-refractivity contribution in [1.29, 1.82) is 0 Å². The second-order valence-corrected chi connectivity index (χ2v) is 7.78. The van der Waals surface area contributed by atoms with Gasteiger partial charge in [-0.05, 0) is 18.3 Å². The highest BCUT2D eigenvalue weighted by atomic mass is 32.2. The fourth-order valence-electron chi connectivity index (χ4n) is 1.38. The number of nitrogens with zero attached hydrogens (tertiary/aromatic N) is 1. The SMILES string of the molecule is CC1(CNS(=O)(=O)c2cc([N+](=O)[O-])c(N)s2)CC1. The predicted octanol–water partition coefficient (Wildman–Crippen LogP) is 1.32. The summed E-state index contributed by atoms with van der Waals surface area (Å²) >= 11 is 0.706. The van der Waals surface area contributed by atoms with Crippen LogP contribution in [-0.4, -0.2) is 19.9 Å². The van der Waals surface area contributed by atoms with Gasteiger partial charge in [0, 0.05) is 12.6 Å². The van der Waals surface area contributed by atoms with E-state index in [1.54, 1.807) is 0 Å². The van der Waals surface area contributed by atoms with Gasteiger partial charge in [0.15, 0.2) is 5.00 Å². The maximum atomic E-state index is 11.9. The molecule has 9 heteroatoms. The summed E-state index contributed by atoms with van der Waals surface area (Å²) in [4.78, 5) is 9.92. The highest BCUT2D eigenvalue weighted by molar-refractivity contribution is 7.91. The lowest BCUT2D eigenvalue weighted by Crippen LogP contribution is -2.28. The minimum Gasteiger partial charge on any atom is -0.385 e. The predicted molar refractivity (Wildman–Crippen MR) is 67.9 cm³/mol. The summed E-state index contributed by atoms with van der Waals surface area (Å²) < 4.78 is 26.2. The van der Waals surface area contributed by atoms with Crippen molar-refractivity contribution in [2.45, 2.75) is 24.0 Å². The van der Waals surface area contributed by atoms with Crippen LogP contribution in [0.15, 0.2) is 10.3 Å². The molecule has 0 atom stereocenters. The lowest BCUT2D eigenvalue weighted by Gasteiger charge is -2.08. The molecule has 18 heavy (non-hydrogen) atoms. The quantitative estimate of drug-likeness (QED) is 0.627. The Balaban J connectivity index is 2.19. The second kappa shape index (κ2) is 4.18. The third-order valence-electron chi connectivity index (χ3n) is 2.97. The fourth-order valence-corrected chi connectivity index (χ4v) is 3.84. The van der Waals surface area contributed by atoms with E-state index in [-0.39, 0.29) is 20.3 Å². The van der Waals surface area contributed by atoms with Crippen LogP contribution in [0.1, 0.15) is 19.8 Å². The first-order valence-electron chi connectivity index (χ1n) is 5.27. The van der Waals surface area contributed by atoms with E-state index >= 15 is 0 Å². The minimum absolute atomic E-state index is 0.0296. The molecule has 7 nitrogen and oxygen atoms in total. The highest BCUT2D eigenvalue weighted by Gasteiger charge is 2.38. The van der Waals surface area contributed by atoms with Gasteiger partial charge in [-0.1, -0.05) is 18.3 Å². The zero-order valence-corrected chi connectivity index (χ0v) is 11.3. The zero-order chi connectivity index (χ0) is 13.6. The molecule has 0 saturated heterocycles. The van der Waals surface area contributed by atoms with E-state index in [2.05, 4.69) is 4.72 Å². The molecule has 0 radical (unpaired) electrons. The Bertz CT molecular complexity index is 589. The van der Waals surface area contributed by atoms with Crippen LogP contribution in [0.2, 0.25) is 0 Å². The van der Waals surface area contributed by atoms with Gasteiger partial charge in [-0.15, -0.1) is 0 Å². The molecule has 0 spiro atoms. The molecule has 0 aliphatic heterocycles. The van der Waals surface area contributed by atoms with E-state index < -0.39 is 14.9 Å². The molecule has 1 saturated carbocycles. The number of nitrogens with two attached hydrogens (primary N) is 1. The van der Waals surface area contributed by atoms with Gasteiger partial charge in [-0.2, -0.15) is 0 Å². The van der Waals surface area contributed by atoms with Crippen LogP contribution in [0.4, 0.5) is 10.7 Å². The Hall–Kier alpha value is -1.19. The Morgan fingerprint density at radius 2 is 2.22 bits per heavy atom. The maximum Gasteiger partial charge on any atom is 0.304 e. The van der Waals surface area contributed by atoms with E-state index in [0.29, 0.717) is 17.9 Å². The number of nitrogen functional groups attached to an aromatic ring is 1. The number of sulfonamides is 1. The van der Waals surface area contributed by atoms with Gasteiger partial charge in [0.05, 0.1) is 4.92 Å². The zero-order valence-electron chi connectivity index (χ0n) is 9.67. The largest absolute Gasteiger partial charge is 0.385 e. The Morgan fingerprint density at radius 1 is 1.61 bits per heavy atom. The number of hydrogen-bond acceptors (Lipinski definition) is 6. The van der Waals surface area contributed by atoms with Gasteiger partial charge in [-0.3, -0.25) is 10.1 Å². The van der Waals surface area contributed by atoms with Crippen LogP contribution >= 0.6 is 11.3 Å². The molecule has 0 unspecified atom stereocenters. The highest BCUT2D eigenvalue weighted by Crippen LogP contribution is 2.44. The molecule has 1 aliphatic rings. The second-order valence-electron chi connectivity index (χ2n) is 4.71. The summed E-state index contributed by atoms with van der Waals surface area (Å²) in [6.07, 6.45) is 1.98. The molecule has 1 heterocycles. The first-order chi connectivity index (χ1) is 8.23. The lowest BCUT2D eigenvalue weighted by molar-refractivity contribution is -0.383. The van der Waals surface area contributed by atoms with Crippen LogP contribution in [0.3, 0.4) is 0 Å². The van der Waals surface area contributed by atoms with Crippen LogP contribution in [0, 0.1) is 15.5 Å². The normalized spacial score (nSPS) is 17.6. The lowest BCUT2D eigenvalue weighted by atomic mass is 10.2. The van der Waals surface area contributed by atoms with Crippen LogP contribution in [0.25, 0.3) is 0 Å². The Labute approximate surface area is 108 Å². The molecule has 3 N–H and O–H groups in total. The Kier molecular flexibility index (Phi) is 3.07. The van der Waals surface area contributed by atoms with Crippen LogP contribution in [0.5, 0.6) is 0 Å². The van der Waals surface area contributed by atoms with E-state index in [0.717, 1.165) is 18.9 Å². The summed E-state index contributed by atoms with van der Waals surface area (Å²) in [6.45, 7) is 2.34.